The predicted octanol–water partition coefficient (Wildman–Crippen LogP) is 3.16. The number of benzene rings is 2. The molecule has 0 saturated carbocycles. The smallest absolute Gasteiger partial charge is 0.131 e. The Hall–Kier alpha value is -2.53. The second kappa shape index (κ2) is 8.72. The van der Waals surface area contributed by atoms with Gasteiger partial charge in [-0.05, 0) is 24.6 Å². The summed E-state index contributed by atoms with van der Waals surface area (Å²) in [7, 11) is 3.31. The fourth-order valence-corrected chi connectivity index (χ4v) is 3.03. The molecule has 0 atom stereocenters. The van der Waals surface area contributed by atoms with Crippen molar-refractivity contribution in [3.63, 3.8) is 0 Å². The minimum atomic E-state index is 0.770. The number of methoxy groups -OCH3 is 2. The van der Waals surface area contributed by atoms with Crippen LogP contribution in [-0.2, 0) is 6.54 Å². The van der Waals surface area contributed by atoms with E-state index in [0.29, 0.717) is 0 Å². The number of nitrogens with zero attached hydrogens (tertiary/aromatic N) is 3. The second-order valence-corrected chi connectivity index (χ2v) is 6.57. The molecule has 138 valence electrons. The van der Waals surface area contributed by atoms with E-state index in [0.717, 1.165) is 49.8 Å². The Bertz CT molecular complexity index is 735. The number of hydrogen-bond acceptors (Lipinski definition) is 5. The fourth-order valence-electron chi connectivity index (χ4n) is 3.03. The van der Waals surface area contributed by atoms with Crippen LogP contribution in [0.3, 0.4) is 0 Å². The largest absolute Gasteiger partial charge is 0.497 e. The maximum Gasteiger partial charge on any atom is 0.131 e. The van der Waals surface area contributed by atoms with Gasteiger partial charge in [0.15, 0.2) is 0 Å². The summed E-state index contributed by atoms with van der Waals surface area (Å²) in [5.74, 6) is 1.55. The lowest BCUT2D eigenvalue weighted by Gasteiger charge is -2.33. The summed E-state index contributed by atoms with van der Waals surface area (Å²) in [6, 6.07) is 14.6. The van der Waals surface area contributed by atoms with Crippen LogP contribution in [0.1, 0.15) is 16.7 Å². The van der Waals surface area contributed by atoms with Crippen molar-refractivity contribution in [3.8, 4) is 11.5 Å². The van der Waals surface area contributed by atoms with Crippen molar-refractivity contribution in [3.05, 3.63) is 59.2 Å². The third-order valence-electron chi connectivity index (χ3n) is 4.68. The highest BCUT2D eigenvalue weighted by atomic mass is 16.5. The Morgan fingerprint density at radius 2 is 1.69 bits per heavy atom. The van der Waals surface area contributed by atoms with Crippen LogP contribution in [0.5, 0.6) is 11.5 Å². The Kier molecular flexibility index (Phi) is 6.12. The minimum Gasteiger partial charge on any atom is -0.497 e. The summed E-state index contributed by atoms with van der Waals surface area (Å²) in [5, 5.41) is 6.75. The number of hydrogen-bond donors (Lipinski definition) is 0. The molecule has 26 heavy (non-hydrogen) atoms. The van der Waals surface area contributed by atoms with E-state index in [9.17, 15) is 0 Å². The van der Waals surface area contributed by atoms with Crippen LogP contribution in [0, 0.1) is 6.92 Å². The van der Waals surface area contributed by atoms with Crippen molar-refractivity contribution in [2.45, 2.75) is 13.5 Å². The Morgan fingerprint density at radius 1 is 0.962 bits per heavy atom. The van der Waals surface area contributed by atoms with Gasteiger partial charge in [-0.15, -0.1) is 0 Å². The molecule has 2 aromatic rings. The Labute approximate surface area is 155 Å². The number of hydrazone groups is 1. The van der Waals surface area contributed by atoms with Crippen molar-refractivity contribution in [2.75, 3.05) is 40.4 Å². The molecule has 0 amide bonds. The predicted molar refractivity (Wildman–Crippen MR) is 105 cm³/mol. The van der Waals surface area contributed by atoms with Gasteiger partial charge in [-0.3, -0.25) is 9.91 Å². The molecule has 2 aromatic carbocycles. The normalized spacial score (nSPS) is 15.4. The first-order valence-corrected chi connectivity index (χ1v) is 8.97. The maximum atomic E-state index is 5.42. The lowest BCUT2D eigenvalue weighted by atomic mass is 10.1. The summed E-state index contributed by atoms with van der Waals surface area (Å²) in [4.78, 5) is 2.48. The van der Waals surface area contributed by atoms with Crippen LogP contribution < -0.4 is 9.47 Å². The molecule has 0 radical (unpaired) electrons. The number of piperazine rings is 1. The van der Waals surface area contributed by atoms with Gasteiger partial charge in [0.05, 0.1) is 20.4 Å². The van der Waals surface area contributed by atoms with Crippen molar-refractivity contribution in [2.24, 2.45) is 5.10 Å². The summed E-state index contributed by atoms with van der Waals surface area (Å²) in [6.45, 7) is 7.03. The molecule has 1 saturated heterocycles. The van der Waals surface area contributed by atoms with Gasteiger partial charge < -0.3 is 9.47 Å². The first kappa shape index (κ1) is 18.3. The van der Waals surface area contributed by atoms with Gasteiger partial charge in [0.2, 0.25) is 0 Å². The van der Waals surface area contributed by atoms with E-state index in [-0.39, 0.29) is 0 Å². The molecule has 0 aromatic heterocycles. The maximum absolute atomic E-state index is 5.42. The molecule has 5 heteroatoms. The van der Waals surface area contributed by atoms with Crippen molar-refractivity contribution < 1.29 is 9.47 Å². The molecule has 0 unspecified atom stereocenters. The van der Waals surface area contributed by atoms with E-state index in [1.807, 2.05) is 24.4 Å². The van der Waals surface area contributed by atoms with Crippen molar-refractivity contribution in [1.82, 2.24) is 9.91 Å². The molecule has 0 spiro atoms. The summed E-state index contributed by atoms with van der Waals surface area (Å²) >= 11 is 0. The van der Waals surface area contributed by atoms with Crippen molar-refractivity contribution >= 4 is 6.21 Å². The van der Waals surface area contributed by atoms with Crippen LogP contribution in [0.15, 0.2) is 47.6 Å². The van der Waals surface area contributed by atoms with E-state index in [2.05, 4.69) is 46.2 Å². The third-order valence-corrected chi connectivity index (χ3v) is 4.68. The van der Waals surface area contributed by atoms with Crippen LogP contribution in [-0.4, -0.2) is 56.5 Å². The second-order valence-electron chi connectivity index (χ2n) is 6.57. The molecule has 1 aliphatic heterocycles. The first-order chi connectivity index (χ1) is 12.7. The number of ether oxygens (including phenoxy) is 2. The van der Waals surface area contributed by atoms with Crippen LogP contribution in [0.4, 0.5) is 0 Å². The van der Waals surface area contributed by atoms with Crippen LogP contribution >= 0.6 is 0 Å². The SMILES string of the molecule is COc1ccc(C=NN2CCN(Cc3ccc(C)cc3)CC2)c(OC)c1. The molecule has 3 rings (SSSR count). The van der Waals surface area contributed by atoms with Gasteiger partial charge in [-0.1, -0.05) is 29.8 Å². The molecule has 0 aliphatic carbocycles. The van der Waals surface area contributed by atoms with Gasteiger partial charge >= 0.3 is 0 Å². The zero-order valence-electron chi connectivity index (χ0n) is 15.8. The Morgan fingerprint density at radius 3 is 2.35 bits per heavy atom. The lowest BCUT2D eigenvalue weighted by molar-refractivity contribution is 0.131. The summed E-state index contributed by atoms with van der Waals surface area (Å²) in [6.07, 6.45) is 1.87. The van der Waals surface area contributed by atoms with Gasteiger partial charge in [0.25, 0.3) is 0 Å². The molecule has 1 aliphatic rings. The van der Waals surface area contributed by atoms with E-state index in [1.165, 1.54) is 11.1 Å². The molecule has 1 fully saturated rings. The first-order valence-electron chi connectivity index (χ1n) is 8.97. The highest BCUT2D eigenvalue weighted by molar-refractivity contribution is 5.83. The van der Waals surface area contributed by atoms with Gasteiger partial charge in [0.1, 0.15) is 11.5 Å². The number of aryl methyl sites for hydroxylation is 1. The molecule has 5 nitrogen and oxygen atoms in total. The van der Waals surface area contributed by atoms with Gasteiger partial charge in [-0.2, -0.15) is 5.10 Å². The topological polar surface area (TPSA) is 37.3 Å². The fraction of sp³-hybridized carbons (Fsp3) is 0.381. The quantitative estimate of drug-likeness (QED) is 0.748. The minimum absolute atomic E-state index is 0.770. The van der Waals surface area contributed by atoms with Crippen LogP contribution in [0.25, 0.3) is 0 Å². The van der Waals surface area contributed by atoms with Gasteiger partial charge in [-0.25, -0.2) is 0 Å². The summed E-state index contributed by atoms with van der Waals surface area (Å²) in [5.41, 5.74) is 3.63. The monoisotopic (exact) mass is 353 g/mol. The zero-order valence-corrected chi connectivity index (χ0v) is 15.8. The highest BCUT2D eigenvalue weighted by Crippen LogP contribution is 2.23. The Balaban J connectivity index is 1.53. The summed E-state index contributed by atoms with van der Waals surface area (Å²) < 4.78 is 10.7. The third kappa shape index (κ3) is 4.76. The zero-order chi connectivity index (χ0) is 18.4. The lowest BCUT2D eigenvalue weighted by Crippen LogP contribution is -2.43. The average Bonchev–Trinajstić information content (AvgIpc) is 2.69. The van der Waals surface area contributed by atoms with Gasteiger partial charge in [0, 0.05) is 44.4 Å². The highest BCUT2D eigenvalue weighted by Gasteiger charge is 2.15. The molecular weight excluding hydrogens is 326 g/mol. The molecule has 0 N–H and O–H groups in total. The van der Waals surface area contributed by atoms with Crippen molar-refractivity contribution in [1.29, 1.82) is 0 Å². The molecular formula is C21H27N3O2. The van der Waals surface area contributed by atoms with E-state index in [1.54, 1.807) is 14.2 Å². The number of rotatable bonds is 6. The molecule has 0 bridgehead atoms. The average molecular weight is 353 g/mol. The van der Waals surface area contributed by atoms with E-state index < -0.39 is 0 Å². The molecule has 1 heterocycles. The van der Waals surface area contributed by atoms with Crippen LogP contribution in [0.2, 0.25) is 0 Å². The van der Waals surface area contributed by atoms with E-state index in [4.69, 9.17) is 9.47 Å². The van der Waals surface area contributed by atoms with E-state index >= 15 is 0 Å². The standard InChI is InChI=1S/C21H27N3O2/c1-17-4-6-18(7-5-17)16-23-10-12-24(13-11-23)22-15-19-8-9-20(25-2)14-21(19)26-3/h4-9,14-15H,10-13,16H2,1-3H3.